The number of nitrogens with zero attached hydrogens (tertiary/aromatic N) is 1. The van der Waals surface area contributed by atoms with Crippen molar-refractivity contribution in [2.24, 2.45) is 0 Å². The van der Waals surface area contributed by atoms with Crippen LogP contribution in [-0.2, 0) is 0 Å². The molecule has 1 aliphatic heterocycles. The molecule has 1 fully saturated rings. The van der Waals surface area contributed by atoms with E-state index in [1.165, 1.54) is 19.3 Å². The van der Waals surface area contributed by atoms with Gasteiger partial charge in [0, 0.05) is 36.0 Å². The van der Waals surface area contributed by atoms with E-state index in [1.807, 2.05) is 4.58 Å². The summed E-state index contributed by atoms with van der Waals surface area (Å²) in [6, 6.07) is 0. The largest absolute Gasteiger partial charge is 1.00 e. The molecule has 0 saturated carbocycles. The molecule has 1 rings (SSSR count). The number of hydrogen-bond donors (Lipinski definition) is 0. The fourth-order valence-electron chi connectivity index (χ4n) is 1.06. The van der Waals surface area contributed by atoms with Crippen LogP contribution in [0, 0.1) is 0 Å². The molecule has 4 heteroatoms. The first kappa shape index (κ1) is 10.5. The molecular weight excluding hydrogens is 192 g/mol. The van der Waals surface area contributed by atoms with Gasteiger partial charge in [-0.25, -0.2) is 4.58 Å². The average molecular weight is 203 g/mol. The van der Waals surface area contributed by atoms with Crippen molar-refractivity contribution >= 4 is 27.8 Å². The van der Waals surface area contributed by atoms with Crippen LogP contribution in [0.2, 0.25) is 0 Å². The summed E-state index contributed by atoms with van der Waals surface area (Å²) in [6.07, 6.45) is 3.77. The van der Waals surface area contributed by atoms with Gasteiger partial charge < -0.3 is 12.4 Å². The Morgan fingerprint density at radius 1 is 1.00 bits per heavy atom. The lowest BCUT2D eigenvalue weighted by Gasteiger charge is -2.08. The number of piperidine rings is 1. The Kier molecular flexibility index (Phi) is 5.51. The molecule has 1 heterocycles. The third-order valence-corrected chi connectivity index (χ3v) is 2.07. The van der Waals surface area contributed by atoms with Crippen molar-refractivity contribution in [3.05, 3.63) is 0 Å². The summed E-state index contributed by atoms with van der Waals surface area (Å²) in [7, 11) is 0. The molecule has 0 aromatic rings. The van der Waals surface area contributed by atoms with Crippen LogP contribution in [-0.4, -0.2) is 22.3 Å². The van der Waals surface area contributed by atoms with Crippen molar-refractivity contribution in [3.8, 4) is 0 Å². The highest BCUT2D eigenvalue weighted by atomic mass is 35.5. The molecule has 0 aromatic carbocycles. The highest BCUT2D eigenvalue weighted by Crippen LogP contribution is 2.06. The van der Waals surface area contributed by atoms with E-state index >= 15 is 0 Å². The minimum absolute atomic E-state index is 0. The van der Waals surface area contributed by atoms with E-state index in [2.05, 4.69) is 0 Å². The second kappa shape index (κ2) is 5.22. The van der Waals surface area contributed by atoms with Gasteiger partial charge in [-0.3, -0.25) is 0 Å². The van der Waals surface area contributed by atoms with Gasteiger partial charge in [-0.05, 0) is 6.42 Å². The maximum Gasteiger partial charge on any atom is 0.341 e. The number of halogens is 3. The zero-order chi connectivity index (χ0) is 6.69. The summed E-state index contributed by atoms with van der Waals surface area (Å²) in [5, 5.41) is 0. The van der Waals surface area contributed by atoms with Crippen molar-refractivity contribution in [1.82, 2.24) is 0 Å². The monoisotopic (exact) mass is 201 g/mol. The standard InChI is InChI=1S/C6H10Cl2N.ClH/c7-6(8)9-4-2-1-3-5-9;/h1-5H2;1H/q+1;/p-1. The Morgan fingerprint density at radius 3 is 1.80 bits per heavy atom. The van der Waals surface area contributed by atoms with Gasteiger partial charge in [-0.15, -0.1) is 0 Å². The lowest BCUT2D eigenvalue weighted by atomic mass is 10.2. The van der Waals surface area contributed by atoms with E-state index < -0.39 is 0 Å². The lowest BCUT2D eigenvalue weighted by molar-refractivity contribution is -0.533. The number of rotatable bonds is 0. The Morgan fingerprint density at radius 2 is 1.50 bits per heavy atom. The molecule has 1 nitrogen and oxygen atoms in total. The summed E-state index contributed by atoms with van der Waals surface area (Å²) in [5.41, 5.74) is 0. The number of hydrogen-bond acceptors (Lipinski definition) is 0. The van der Waals surface area contributed by atoms with Crippen LogP contribution in [0.1, 0.15) is 19.3 Å². The molecule has 1 aliphatic rings. The van der Waals surface area contributed by atoms with E-state index in [0.29, 0.717) is 4.63 Å². The molecule has 10 heavy (non-hydrogen) atoms. The first-order chi connectivity index (χ1) is 4.30. The first-order valence-corrected chi connectivity index (χ1v) is 3.99. The lowest BCUT2D eigenvalue weighted by Crippen LogP contribution is -3.00. The summed E-state index contributed by atoms with van der Waals surface area (Å²) in [4.78, 5) is 0. The second-order valence-electron chi connectivity index (χ2n) is 2.29. The van der Waals surface area contributed by atoms with Crippen molar-refractivity contribution in [2.75, 3.05) is 13.1 Å². The minimum atomic E-state index is 0. The predicted molar refractivity (Wildman–Crippen MR) is 40.6 cm³/mol. The smallest absolute Gasteiger partial charge is 0.341 e. The van der Waals surface area contributed by atoms with Gasteiger partial charge in [0.25, 0.3) is 0 Å². The average Bonchev–Trinajstić information content (AvgIpc) is 1.90. The summed E-state index contributed by atoms with van der Waals surface area (Å²) in [6.45, 7) is 2.06. The van der Waals surface area contributed by atoms with E-state index in [0.717, 1.165) is 13.1 Å². The fourth-order valence-corrected chi connectivity index (χ4v) is 1.40. The van der Waals surface area contributed by atoms with Crippen LogP contribution in [0.15, 0.2) is 0 Å². The van der Waals surface area contributed by atoms with Crippen LogP contribution in [0.4, 0.5) is 0 Å². The van der Waals surface area contributed by atoms with E-state index in [9.17, 15) is 0 Å². The maximum absolute atomic E-state index is 5.56. The van der Waals surface area contributed by atoms with Gasteiger partial charge in [0.05, 0.1) is 0 Å². The summed E-state index contributed by atoms with van der Waals surface area (Å²) < 4.78 is 2.43. The first-order valence-electron chi connectivity index (χ1n) is 3.23. The Hall–Kier alpha value is 0.540. The topological polar surface area (TPSA) is 3.01 Å². The second-order valence-corrected chi connectivity index (χ2v) is 3.20. The van der Waals surface area contributed by atoms with Gasteiger partial charge in [-0.2, -0.15) is 0 Å². The van der Waals surface area contributed by atoms with Crippen LogP contribution in [0.25, 0.3) is 0 Å². The third kappa shape index (κ3) is 3.09. The highest BCUT2D eigenvalue weighted by molar-refractivity contribution is 6.94. The maximum atomic E-state index is 5.56. The Bertz CT molecular complexity index is 121. The molecule has 0 N–H and O–H groups in total. The van der Waals surface area contributed by atoms with Crippen molar-refractivity contribution < 1.29 is 17.0 Å². The quantitative estimate of drug-likeness (QED) is 0.444. The molecule has 0 unspecified atom stereocenters. The predicted octanol–water partition coefficient (Wildman–Crippen LogP) is -0.980. The van der Waals surface area contributed by atoms with Crippen LogP contribution in [0.3, 0.4) is 0 Å². The van der Waals surface area contributed by atoms with Crippen LogP contribution >= 0.6 is 23.2 Å². The summed E-state index contributed by atoms with van der Waals surface area (Å²) in [5.74, 6) is 0. The van der Waals surface area contributed by atoms with E-state index in [1.54, 1.807) is 0 Å². The highest BCUT2D eigenvalue weighted by Gasteiger charge is 2.13. The van der Waals surface area contributed by atoms with Crippen molar-refractivity contribution in [2.45, 2.75) is 19.3 Å². The molecular formula is C6H10Cl3N. The zero-order valence-electron chi connectivity index (χ0n) is 5.62. The van der Waals surface area contributed by atoms with Gasteiger partial charge in [0.15, 0.2) is 0 Å². The van der Waals surface area contributed by atoms with E-state index in [-0.39, 0.29) is 12.4 Å². The zero-order valence-corrected chi connectivity index (χ0v) is 7.88. The van der Waals surface area contributed by atoms with Crippen molar-refractivity contribution in [1.29, 1.82) is 0 Å². The van der Waals surface area contributed by atoms with Gasteiger partial charge in [0.1, 0.15) is 13.1 Å². The summed E-state index contributed by atoms with van der Waals surface area (Å²) >= 11 is 11.1. The Labute approximate surface area is 77.4 Å². The Balaban J connectivity index is 0.000000810. The van der Waals surface area contributed by atoms with Crippen LogP contribution in [0.5, 0.6) is 0 Å². The molecule has 0 atom stereocenters. The molecule has 0 radical (unpaired) electrons. The van der Waals surface area contributed by atoms with Crippen molar-refractivity contribution in [3.63, 3.8) is 0 Å². The molecule has 0 aromatic heterocycles. The molecule has 0 bridgehead atoms. The van der Waals surface area contributed by atoms with Gasteiger partial charge in [-0.1, -0.05) is 0 Å². The molecule has 0 spiro atoms. The molecule has 1 saturated heterocycles. The fraction of sp³-hybridized carbons (Fsp3) is 0.833. The SMILES string of the molecule is ClC(Cl)=[N+]1CCCCC1.[Cl-]. The minimum Gasteiger partial charge on any atom is -1.00 e. The van der Waals surface area contributed by atoms with E-state index in [4.69, 9.17) is 23.2 Å². The van der Waals surface area contributed by atoms with Gasteiger partial charge >= 0.3 is 4.63 Å². The molecule has 60 valence electrons. The van der Waals surface area contributed by atoms with Gasteiger partial charge in [0.2, 0.25) is 0 Å². The molecule has 0 amide bonds. The normalized spacial score (nSPS) is 18.0. The molecule has 0 aliphatic carbocycles. The third-order valence-electron chi connectivity index (χ3n) is 1.60. The van der Waals surface area contributed by atoms with Crippen LogP contribution < -0.4 is 12.4 Å².